The van der Waals surface area contributed by atoms with E-state index in [1.165, 1.54) is 6.07 Å². The summed E-state index contributed by atoms with van der Waals surface area (Å²) in [6.45, 7) is 0. The Morgan fingerprint density at radius 1 is 1.11 bits per heavy atom. The summed E-state index contributed by atoms with van der Waals surface area (Å²) >= 11 is 0. The molecular formula is C15H14FN3. The molecule has 2 aromatic rings. The van der Waals surface area contributed by atoms with Gasteiger partial charge in [-0.3, -0.25) is 0 Å². The van der Waals surface area contributed by atoms with Crippen LogP contribution in [0, 0.1) is 17.1 Å². The van der Waals surface area contributed by atoms with Crippen LogP contribution in [0.1, 0.15) is 5.56 Å². The molecule has 0 heterocycles. The number of nitrogens with one attached hydrogen (secondary N) is 1. The third-order valence-electron chi connectivity index (χ3n) is 2.79. The van der Waals surface area contributed by atoms with E-state index in [1.54, 1.807) is 12.1 Å². The van der Waals surface area contributed by atoms with Crippen molar-refractivity contribution in [3.05, 3.63) is 53.8 Å². The zero-order chi connectivity index (χ0) is 13.8. The summed E-state index contributed by atoms with van der Waals surface area (Å²) in [5, 5.41) is 12.0. The SMILES string of the molecule is CN(C)c1ccc(Nc2cccc(F)c2C#N)cc1. The Morgan fingerprint density at radius 3 is 2.37 bits per heavy atom. The van der Waals surface area contributed by atoms with Gasteiger partial charge in [-0.05, 0) is 36.4 Å². The average Bonchev–Trinajstić information content (AvgIpc) is 2.39. The molecule has 1 N–H and O–H groups in total. The summed E-state index contributed by atoms with van der Waals surface area (Å²) < 4.78 is 13.5. The van der Waals surface area contributed by atoms with Gasteiger partial charge in [0, 0.05) is 25.5 Å². The number of nitrogens with zero attached hydrogens (tertiary/aromatic N) is 2. The van der Waals surface area contributed by atoms with Crippen LogP contribution in [0.3, 0.4) is 0 Å². The van der Waals surface area contributed by atoms with Gasteiger partial charge in [0.05, 0.1) is 5.69 Å². The van der Waals surface area contributed by atoms with Crippen molar-refractivity contribution in [2.75, 3.05) is 24.3 Å². The molecule has 0 amide bonds. The molecule has 0 saturated carbocycles. The molecule has 0 aliphatic rings. The van der Waals surface area contributed by atoms with E-state index in [-0.39, 0.29) is 5.56 Å². The Balaban J connectivity index is 2.27. The van der Waals surface area contributed by atoms with Crippen LogP contribution in [0.25, 0.3) is 0 Å². The molecule has 19 heavy (non-hydrogen) atoms. The van der Waals surface area contributed by atoms with Gasteiger partial charge in [-0.15, -0.1) is 0 Å². The number of nitriles is 1. The first-order valence-electron chi connectivity index (χ1n) is 5.85. The highest BCUT2D eigenvalue weighted by Crippen LogP contribution is 2.24. The second kappa shape index (κ2) is 5.40. The van der Waals surface area contributed by atoms with Crippen LogP contribution in [-0.2, 0) is 0 Å². The lowest BCUT2D eigenvalue weighted by atomic mass is 10.1. The highest BCUT2D eigenvalue weighted by molar-refractivity contribution is 5.68. The van der Waals surface area contributed by atoms with Crippen LogP contribution >= 0.6 is 0 Å². The van der Waals surface area contributed by atoms with Gasteiger partial charge in [0.2, 0.25) is 0 Å². The molecule has 96 valence electrons. The molecule has 0 aliphatic carbocycles. The highest BCUT2D eigenvalue weighted by atomic mass is 19.1. The Kier molecular flexibility index (Phi) is 3.67. The quantitative estimate of drug-likeness (QED) is 0.912. The smallest absolute Gasteiger partial charge is 0.143 e. The van der Waals surface area contributed by atoms with Gasteiger partial charge in [-0.25, -0.2) is 4.39 Å². The third kappa shape index (κ3) is 2.83. The summed E-state index contributed by atoms with van der Waals surface area (Å²) in [5.41, 5.74) is 2.39. The maximum atomic E-state index is 13.5. The number of hydrogen-bond donors (Lipinski definition) is 1. The lowest BCUT2D eigenvalue weighted by Gasteiger charge is -2.14. The summed E-state index contributed by atoms with van der Waals surface area (Å²) in [4.78, 5) is 1.99. The Morgan fingerprint density at radius 2 is 1.79 bits per heavy atom. The minimum Gasteiger partial charge on any atom is -0.378 e. The van der Waals surface area contributed by atoms with Gasteiger partial charge in [-0.1, -0.05) is 6.07 Å². The predicted molar refractivity (Wildman–Crippen MR) is 75.2 cm³/mol. The topological polar surface area (TPSA) is 39.1 Å². The molecular weight excluding hydrogens is 241 g/mol. The largest absolute Gasteiger partial charge is 0.378 e. The van der Waals surface area contributed by atoms with Crippen LogP contribution < -0.4 is 10.2 Å². The third-order valence-corrected chi connectivity index (χ3v) is 2.79. The van der Waals surface area contributed by atoms with E-state index in [9.17, 15) is 4.39 Å². The normalized spacial score (nSPS) is 9.79. The van der Waals surface area contributed by atoms with Crippen LogP contribution in [0.2, 0.25) is 0 Å². The van der Waals surface area contributed by atoms with E-state index in [0.29, 0.717) is 5.69 Å². The molecule has 0 unspecified atom stereocenters. The zero-order valence-corrected chi connectivity index (χ0v) is 10.8. The van der Waals surface area contributed by atoms with Gasteiger partial charge >= 0.3 is 0 Å². The number of rotatable bonds is 3. The Labute approximate surface area is 111 Å². The van der Waals surface area contributed by atoms with Gasteiger partial charge < -0.3 is 10.2 Å². The lowest BCUT2D eigenvalue weighted by molar-refractivity contribution is 0.624. The molecule has 0 spiro atoms. The molecule has 2 aromatic carbocycles. The monoisotopic (exact) mass is 255 g/mol. The fraction of sp³-hybridized carbons (Fsp3) is 0.133. The van der Waals surface area contributed by atoms with Gasteiger partial charge in [-0.2, -0.15) is 5.26 Å². The van der Waals surface area contributed by atoms with E-state index in [2.05, 4.69) is 5.32 Å². The van der Waals surface area contributed by atoms with Crippen LogP contribution in [0.4, 0.5) is 21.5 Å². The van der Waals surface area contributed by atoms with Gasteiger partial charge in [0.25, 0.3) is 0 Å². The molecule has 3 nitrogen and oxygen atoms in total. The molecule has 0 aromatic heterocycles. The first kappa shape index (κ1) is 12.9. The van der Waals surface area contributed by atoms with Crippen molar-refractivity contribution in [1.82, 2.24) is 0 Å². The van der Waals surface area contributed by atoms with Crippen LogP contribution in [0.5, 0.6) is 0 Å². The summed E-state index contributed by atoms with van der Waals surface area (Å²) in [5.74, 6) is -0.516. The standard InChI is InChI=1S/C15H14FN3/c1-19(2)12-8-6-11(7-9-12)18-15-5-3-4-14(16)13(15)10-17/h3-9,18H,1-2H3. The zero-order valence-electron chi connectivity index (χ0n) is 10.8. The molecule has 0 radical (unpaired) electrons. The van der Waals surface area contributed by atoms with E-state index >= 15 is 0 Å². The fourth-order valence-electron chi connectivity index (χ4n) is 1.74. The molecule has 0 fully saturated rings. The van der Waals surface area contributed by atoms with Gasteiger partial charge in [0.1, 0.15) is 17.4 Å². The molecule has 0 bridgehead atoms. The van der Waals surface area contributed by atoms with Crippen LogP contribution in [-0.4, -0.2) is 14.1 Å². The lowest BCUT2D eigenvalue weighted by Crippen LogP contribution is -2.08. The summed E-state index contributed by atoms with van der Waals surface area (Å²) in [7, 11) is 3.92. The fourth-order valence-corrected chi connectivity index (χ4v) is 1.74. The number of benzene rings is 2. The highest BCUT2D eigenvalue weighted by Gasteiger charge is 2.07. The minimum absolute atomic E-state index is 0.0270. The predicted octanol–water partition coefficient (Wildman–Crippen LogP) is 3.51. The second-order valence-corrected chi connectivity index (χ2v) is 4.34. The van der Waals surface area contributed by atoms with E-state index in [4.69, 9.17) is 5.26 Å². The van der Waals surface area contributed by atoms with Crippen molar-refractivity contribution in [2.45, 2.75) is 0 Å². The molecule has 4 heteroatoms. The molecule has 0 saturated heterocycles. The molecule has 2 rings (SSSR count). The van der Waals surface area contributed by atoms with Crippen molar-refractivity contribution in [3.8, 4) is 6.07 Å². The van der Waals surface area contributed by atoms with E-state index in [1.807, 2.05) is 49.3 Å². The van der Waals surface area contributed by atoms with Crippen molar-refractivity contribution < 1.29 is 4.39 Å². The molecule has 0 atom stereocenters. The maximum absolute atomic E-state index is 13.5. The van der Waals surface area contributed by atoms with Crippen molar-refractivity contribution >= 4 is 17.1 Å². The second-order valence-electron chi connectivity index (χ2n) is 4.34. The van der Waals surface area contributed by atoms with Crippen molar-refractivity contribution in [1.29, 1.82) is 5.26 Å². The number of anilines is 3. The first-order valence-corrected chi connectivity index (χ1v) is 5.85. The summed E-state index contributed by atoms with van der Waals surface area (Å²) in [6.07, 6.45) is 0. The Hall–Kier alpha value is -2.54. The van der Waals surface area contributed by atoms with Gasteiger partial charge in [0.15, 0.2) is 0 Å². The van der Waals surface area contributed by atoms with Crippen molar-refractivity contribution in [3.63, 3.8) is 0 Å². The minimum atomic E-state index is -0.516. The first-order chi connectivity index (χ1) is 9.11. The molecule has 0 aliphatic heterocycles. The number of halogens is 1. The van der Waals surface area contributed by atoms with E-state index < -0.39 is 5.82 Å². The summed E-state index contributed by atoms with van der Waals surface area (Å²) in [6, 6.07) is 14.1. The van der Waals surface area contributed by atoms with Crippen molar-refractivity contribution in [2.24, 2.45) is 0 Å². The maximum Gasteiger partial charge on any atom is 0.143 e. The average molecular weight is 255 g/mol. The number of hydrogen-bond acceptors (Lipinski definition) is 3. The van der Waals surface area contributed by atoms with Crippen LogP contribution in [0.15, 0.2) is 42.5 Å². The Bertz CT molecular complexity index is 612. The van der Waals surface area contributed by atoms with E-state index in [0.717, 1.165) is 11.4 Å².